The maximum atomic E-state index is 13.8. The highest BCUT2D eigenvalue weighted by Gasteiger charge is 2.26. The minimum absolute atomic E-state index is 0.331. The third-order valence-corrected chi connectivity index (χ3v) is 4.22. The lowest BCUT2D eigenvalue weighted by molar-refractivity contribution is 0.382. The average molecular weight is 337 g/mol. The van der Waals surface area contributed by atoms with Crippen LogP contribution in [-0.2, 0) is 13.0 Å². The van der Waals surface area contributed by atoms with Crippen LogP contribution in [0.1, 0.15) is 18.5 Å². The minimum atomic E-state index is -0.331. The molecule has 0 unspecified atom stereocenters. The first-order valence-electron chi connectivity index (χ1n) is 7.82. The molecule has 0 saturated heterocycles. The number of aromatic nitrogens is 7. The first kappa shape index (κ1) is 14.0. The van der Waals surface area contributed by atoms with Gasteiger partial charge >= 0.3 is 0 Å². The van der Waals surface area contributed by atoms with E-state index in [4.69, 9.17) is 4.52 Å². The summed E-state index contributed by atoms with van der Waals surface area (Å²) in [6.45, 7) is 2.36. The summed E-state index contributed by atoms with van der Waals surface area (Å²) in [6, 6.07) is 4.57. The van der Waals surface area contributed by atoms with Gasteiger partial charge in [-0.2, -0.15) is 10.1 Å². The van der Waals surface area contributed by atoms with E-state index in [1.54, 1.807) is 17.1 Å². The molecule has 0 aliphatic carbocycles. The lowest BCUT2D eigenvalue weighted by atomic mass is 10.1. The first-order valence-corrected chi connectivity index (χ1v) is 7.82. The zero-order valence-electron chi connectivity index (χ0n) is 13.2. The molecule has 0 saturated carbocycles. The molecule has 124 valence electrons. The number of benzene rings is 1. The average Bonchev–Trinajstić information content (AvgIpc) is 3.33. The van der Waals surface area contributed by atoms with Crippen molar-refractivity contribution in [1.29, 1.82) is 0 Å². The van der Waals surface area contributed by atoms with Gasteiger partial charge in [0.05, 0.1) is 17.9 Å². The fraction of sp³-hybridized carbons (Fsp3) is 0.188. The van der Waals surface area contributed by atoms with Crippen molar-refractivity contribution in [2.45, 2.75) is 19.9 Å². The molecule has 0 bridgehead atoms. The van der Waals surface area contributed by atoms with Crippen LogP contribution in [0.25, 0.3) is 28.6 Å². The maximum Gasteiger partial charge on any atom is 0.226 e. The predicted octanol–water partition coefficient (Wildman–Crippen LogP) is 2.24. The molecule has 3 aromatic heterocycles. The van der Waals surface area contributed by atoms with Gasteiger partial charge in [0.2, 0.25) is 11.7 Å². The van der Waals surface area contributed by atoms with Gasteiger partial charge < -0.3 is 4.52 Å². The molecule has 0 N–H and O–H groups in total. The van der Waals surface area contributed by atoms with Gasteiger partial charge in [0.25, 0.3) is 0 Å². The van der Waals surface area contributed by atoms with Gasteiger partial charge in [-0.25, -0.2) is 19.0 Å². The molecule has 1 aromatic carbocycles. The van der Waals surface area contributed by atoms with Crippen molar-refractivity contribution in [3.8, 4) is 28.6 Å². The van der Waals surface area contributed by atoms with Gasteiger partial charge in [-0.15, -0.1) is 0 Å². The quantitative estimate of drug-likeness (QED) is 0.491. The molecule has 0 spiro atoms. The summed E-state index contributed by atoms with van der Waals surface area (Å²) in [7, 11) is 0. The summed E-state index contributed by atoms with van der Waals surface area (Å²) in [5.41, 5.74) is 2.88. The van der Waals surface area contributed by atoms with Gasteiger partial charge in [-0.05, 0) is 18.2 Å². The summed E-state index contributed by atoms with van der Waals surface area (Å²) in [4.78, 5) is 13.1. The van der Waals surface area contributed by atoms with Crippen molar-refractivity contribution in [2.24, 2.45) is 0 Å². The molecular weight excluding hydrogens is 325 g/mol. The molecular formula is C16H12FN7O. The van der Waals surface area contributed by atoms with Crippen molar-refractivity contribution >= 4 is 0 Å². The largest absolute Gasteiger partial charge is 0.339 e. The third kappa shape index (κ3) is 2.02. The van der Waals surface area contributed by atoms with E-state index in [0.29, 0.717) is 41.8 Å². The molecule has 0 radical (unpaired) electrons. The summed E-state index contributed by atoms with van der Waals surface area (Å²) in [6.07, 6.45) is 3.79. The van der Waals surface area contributed by atoms with Crippen LogP contribution in [0.4, 0.5) is 4.39 Å². The Kier molecular flexibility index (Phi) is 2.84. The standard InChI is InChI=1S/C16H12FN7O/c1-2-13-21-15(22-25-13)14-12-6-24-16(18-7-20-24)10-5-9(17)3-4-11(10)23(12)8-19-14/h3-5,7-8H,2,6H2,1H3. The molecule has 1 aliphatic heterocycles. The number of hydrogen-bond donors (Lipinski definition) is 0. The van der Waals surface area contributed by atoms with E-state index >= 15 is 0 Å². The molecule has 0 fully saturated rings. The molecule has 0 amide bonds. The Morgan fingerprint density at radius 3 is 3.04 bits per heavy atom. The zero-order valence-corrected chi connectivity index (χ0v) is 13.2. The van der Waals surface area contributed by atoms with E-state index < -0.39 is 0 Å². The summed E-state index contributed by atoms with van der Waals surface area (Å²) in [5, 5.41) is 8.27. The van der Waals surface area contributed by atoms with Crippen LogP contribution in [0.3, 0.4) is 0 Å². The van der Waals surface area contributed by atoms with Crippen LogP contribution in [0.2, 0.25) is 0 Å². The van der Waals surface area contributed by atoms with E-state index in [0.717, 1.165) is 11.4 Å². The fourth-order valence-corrected chi connectivity index (χ4v) is 3.04. The van der Waals surface area contributed by atoms with Crippen molar-refractivity contribution in [1.82, 2.24) is 34.5 Å². The van der Waals surface area contributed by atoms with Crippen molar-refractivity contribution < 1.29 is 8.91 Å². The highest BCUT2D eigenvalue weighted by atomic mass is 19.1. The molecule has 1 aliphatic rings. The van der Waals surface area contributed by atoms with Crippen LogP contribution in [0, 0.1) is 5.82 Å². The van der Waals surface area contributed by atoms with Crippen molar-refractivity contribution in [3.05, 3.63) is 48.3 Å². The molecule has 5 rings (SSSR count). The number of rotatable bonds is 2. The Balaban J connectivity index is 1.77. The minimum Gasteiger partial charge on any atom is -0.339 e. The molecule has 0 atom stereocenters. The fourth-order valence-electron chi connectivity index (χ4n) is 3.04. The van der Waals surface area contributed by atoms with Crippen molar-refractivity contribution in [2.75, 3.05) is 0 Å². The second-order valence-corrected chi connectivity index (χ2v) is 5.68. The number of aryl methyl sites for hydroxylation is 1. The van der Waals surface area contributed by atoms with Gasteiger partial charge in [0, 0.05) is 12.0 Å². The molecule has 4 heterocycles. The number of imidazole rings is 1. The number of halogens is 1. The Morgan fingerprint density at radius 1 is 1.28 bits per heavy atom. The number of nitrogens with zero attached hydrogens (tertiary/aromatic N) is 7. The molecule has 4 aromatic rings. The van der Waals surface area contributed by atoms with Crippen molar-refractivity contribution in [3.63, 3.8) is 0 Å². The highest BCUT2D eigenvalue weighted by Crippen LogP contribution is 2.33. The molecule has 9 heteroatoms. The van der Waals surface area contributed by atoms with E-state index in [2.05, 4.69) is 25.2 Å². The number of fused-ring (bicyclic) bond motifs is 5. The van der Waals surface area contributed by atoms with E-state index in [-0.39, 0.29) is 5.82 Å². The van der Waals surface area contributed by atoms with E-state index in [9.17, 15) is 4.39 Å². The van der Waals surface area contributed by atoms with E-state index in [1.165, 1.54) is 18.5 Å². The normalized spacial score (nSPS) is 12.4. The Bertz CT molecular complexity index is 1090. The first-order chi connectivity index (χ1) is 12.2. The van der Waals surface area contributed by atoms with Gasteiger partial charge in [0.15, 0.2) is 5.82 Å². The summed E-state index contributed by atoms with van der Waals surface area (Å²) >= 11 is 0. The molecule has 8 nitrogen and oxygen atoms in total. The van der Waals surface area contributed by atoms with Crippen LogP contribution in [0.5, 0.6) is 0 Å². The van der Waals surface area contributed by atoms with Crippen LogP contribution in [0.15, 0.2) is 35.4 Å². The second kappa shape index (κ2) is 5.07. The SMILES string of the molecule is CCc1nc(-c2ncn3c2Cn2ncnc2-c2cc(F)ccc2-3)no1. The van der Waals surface area contributed by atoms with Crippen LogP contribution >= 0.6 is 0 Å². The highest BCUT2D eigenvalue weighted by molar-refractivity contribution is 5.70. The third-order valence-electron chi connectivity index (χ3n) is 4.22. The smallest absolute Gasteiger partial charge is 0.226 e. The zero-order chi connectivity index (χ0) is 17.0. The number of hydrogen-bond acceptors (Lipinski definition) is 6. The Hall–Kier alpha value is -3.36. The van der Waals surface area contributed by atoms with Crippen LogP contribution in [-0.4, -0.2) is 34.5 Å². The van der Waals surface area contributed by atoms with E-state index in [1.807, 2.05) is 11.5 Å². The second-order valence-electron chi connectivity index (χ2n) is 5.68. The Morgan fingerprint density at radius 2 is 2.20 bits per heavy atom. The summed E-state index contributed by atoms with van der Waals surface area (Å²) < 4.78 is 22.6. The lowest BCUT2D eigenvalue weighted by Crippen LogP contribution is -2.05. The maximum absolute atomic E-state index is 13.8. The Labute approximate surface area is 141 Å². The van der Waals surface area contributed by atoms with Gasteiger partial charge in [-0.3, -0.25) is 4.57 Å². The van der Waals surface area contributed by atoms with Gasteiger partial charge in [-0.1, -0.05) is 12.1 Å². The van der Waals surface area contributed by atoms with Gasteiger partial charge in [0.1, 0.15) is 24.2 Å². The lowest BCUT2D eigenvalue weighted by Gasteiger charge is -2.08. The summed E-state index contributed by atoms with van der Waals surface area (Å²) in [5.74, 6) is 1.25. The topological polar surface area (TPSA) is 87.5 Å². The monoisotopic (exact) mass is 337 g/mol. The molecule has 25 heavy (non-hydrogen) atoms. The predicted molar refractivity (Wildman–Crippen MR) is 84.3 cm³/mol. The van der Waals surface area contributed by atoms with Crippen LogP contribution < -0.4 is 0 Å².